The topological polar surface area (TPSA) is 76.7 Å². The van der Waals surface area contributed by atoms with Gasteiger partial charge >= 0.3 is 12.0 Å². The molecule has 1 aromatic rings. The van der Waals surface area contributed by atoms with Gasteiger partial charge in [0.1, 0.15) is 6.61 Å². The summed E-state index contributed by atoms with van der Waals surface area (Å²) in [6.45, 7) is 2.08. The largest absolute Gasteiger partial charge is 0.460 e. The number of halogens is 1. The number of benzene rings is 1. The van der Waals surface area contributed by atoms with Crippen LogP contribution in [0.5, 0.6) is 0 Å². The van der Waals surface area contributed by atoms with Gasteiger partial charge in [0, 0.05) is 17.8 Å². The fraction of sp³-hybridized carbons (Fsp3) is 0.333. The van der Waals surface area contributed by atoms with Crippen molar-refractivity contribution >= 4 is 23.6 Å². The second-order valence-electron chi connectivity index (χ2n) is 4.72. The number of carbonyl (C=O) groups is 2. The quantitative estimate of drug-likeness (QED) is 0.643. The Kier molecular flexibility index (Phi) is 5.41. The van der Waals surface area contributed by atoms with Gasteiger partial charge < -0.3 is 20.1 Å². The molecule has 2 rings (SSSR count). The second kappa shape index (κ2) is 7.29. The highest BCUT2D eigenvalue weighted by molar-refractivity contribution is 6.31. The molecule has 1 heterocycles. The summed E-state index contributed by atoms with van der Waals surface area (Å²) in [6.07, 6.45) is 0. The number of carbonyl (C=O) groups excluding carboxylic acids is 2. The molecule has 0 bridgehead atoms. The van der Waals surface area contributed by atoms with Crippen molar-refractivity contribution in [3.8, 4) is 0 Å². The van der Waals surface area contributed by atoms with Crippen LogP contribution in [0.15, 0.2) is 35.5 Å². The molecule has 1 aliphatic heterocycles. The number of methoxy groups -OCH3 is 1. The molecule has 0 saturated heterocycles. The SMILES string of the molecule is COCCOC(=O)C1=C(C)NC(=O)NC1c1ccccc1Cl. The van der Waals surface area contributed by atoms with Crippen molar-refractivity contribution in [1.82, 2.24) is 10.6 Å². The summed E-state index contributed by atoms with van der Waals surface area (Å²) in [5.41, 5.74) is 1.40. The minimum Gasteiger partial charge on any atom is -0.460 e. The van der Waals surface area contributed by atoms with E-state index in [0.717, 1.165) is 0 Å². The zero-order chi connectivity index (χ0) is 16.1. The standard InChI is InChI=1S/C15H17ClN2O4/c1-9-12(14(19)22-8-7-21-2)13(18-15(20)17-9)10-5-3-4-6-11(10)16/h3-6,13H,7-8H2,1-2H3,(H2,17,18,20). The lowest BCUT2D eigenvalue weighted by atomic mass is 9.95. The Balaban J connectivity index is 2.33. The van der Waals surface area contributed by atoms with E-state index in [0.29, 0.717) is 28.5 Å². The van der Waals surface area contributed by atoms with Crippen molar-refractivity contribution in [3.05, 3.63) is 46.1 Å². The Morgan fingerprint density at radius 3 is 2.73 bits per heavy atom. The highest BCUT2D eigenvalue weighted by Crippen LogP contribution is 2.31. The number of urea groups is 1. The van der Waals surface area contributed by atoms with Gasteiger partial charge in [0.2, 0.25) is 0 Å². The maximum atomic E-state index is 12.3. The molecule has 0 spiro atoms. The Morgan fingerprint density at radius 2 is 2.05 bits per heavy atom. The van der Waals surface area contributed by atoms with E-state index in [1.54, 1.807) is 31.2 Å². The van der Waals surface area contributed by atoms with Crippen molar-refractivity contribution in [2.24, 2.45) is 0 Å². The van der Waals surface area contributed by atoms with Crippen LogP contribution < -0.4 is 10.6 Å². The van der Waals surface area contributed by atoms with Crippen LogP contribution in [-0.2, 0) is 14.3 Å². The Morgan fingerprint density at radius 1 is 1.32 bits per heavy atom. The van der Waals surface area contributed by atoms with Gasteiger partial charge in [-0.25, -0.2) is 9.59 Å². The lowest BCUT2D eigenvalue weighted by molar-refractivity contribution is -0.140. The van der Waals surface area contributed by atoms with E-state index < -0.39 is 18.0 Å². The molecule has 2 amide bonds. The Labute approximate surface area is 133 Å². The monoisotopic (exact) mass is 324 g/mol. The number of hydrogen-bond acceptors (Lipinski definition) is 4. The third-order valence-corrected chi connectivity index (χ3v) is 3.57. The number of amides is 2. The second-order valence-corrected chi connectivity index (χ2v) is 5.13. The van der Waals surface area contributed by atoms with Gasteiger partial charge in [-0.2, -0.15) is 0 Å². The molecule has 1 aliphatic rings. The van der Waals surface area contributed by atoms with Gasteiger partial charge in [-0.15, -0.1) is 0 Å². The van der Waals surface area contributed by atoms with Gasteiger partial charge in [-0.05, 0) is 18.6 Å². The van der Waals surface area contributed by atoms with Crippen LogP contribution in [0.4, 0.5) is 4.79 Å². The van der Waals surface area contributed by atoms with E-state index in [1.165, 1.54) is 7.11 Å². The van der Waals surface area contributed by atoms with Crippen LogP contribution in [-0.4, -0.2) is 32.3 Å². The molecule has 0 radical (unpaired) electrons. The minimum absolute atomic E-state index is 0.134. The third kappa shape index (κ3) is 3.58. The molecule has 0 aromatic heterocycles. The lowest BCUT2D eigenvalue weighted by Crippen LogP contribution is -2.45. The Hall–Kier alpha value is -2.05. The van der Waals surface area contributed by atoms with Crippen molar-refractivity contribution < 1.29 is 19.1 Å². The highest BCUT2D eigenvalue weighted by atomic mass is 35.5. The van der Waals surface area contributed by atoms with Crippen LogP contribution >= 0.6 is 11.6 Å². The van der Waals surface area contributed by atoms with E-state index in [-0.39, 0.29) is 6.61 Å². The van der Waals surface area contributed by atoms with E-state index in [1.807, 2.05) is 0 Å². The first-order valence-electron chi connectivity index (χ1n) is 6.73. The summed E-state index contributed by atoms with van der Waals surface area (Å²) < 4.78 is 10.0. The zero-order valence-corrected chi connectivity index (χ0v) is 13.1. The van der Waals surface area contributed by atoms with Gasteiger partial charge in [-0.3, -0.25) is 0 Å². The molecule has 0 saturated carbocycles. The number of rotatable bonds is 5. The predicted octanol–water partition coefficient (Wildman–Crippen LogP) is 2.16. The summed E-state index contributed by atoms with van der Waals surface area (Å²) >= 11 is 6.18. The molecule has 22 heavy (non-hydrogen) atoms. The summed E-state index contributed by atoms with van der Waals surface area (Å²) in [4.78, 5) is 24.0. The van der Waals surface area contributed by atoms with Gasteiger partial charge in [0.05, 0.1) is 18.2 Å². The minimum atomic E-state index is -0.655. The molecule has 7 heteroatoms. The summed E-state index contributed by atoms with van der Waals surface area (Å²) in [6, 6.07) is 5.98. The van der Waals surface area contributed by atoms with E-state index in [4.69, 9.17) is 21.1 Å². The molecule has 1 atom stereocenters. The molecule has 1 aromatic carbocycles. The van der Waals surface area contributed by atoms with E-state index >= 15 is 0 Å². The Bertz CT molecular complexity index is 615. The molecular weight excluding hydrogens is 308 g/mol. The highest BCUT2D eigenvalue weighted by Gasteiger charge is 2.33. The number of hydrogen-bond donors (Lipinski definition) is 2. The van der Waals surface area contributed by atoms with Crippen molar-refractivity contribution in [1.29, 1.82) is 0 Å². The fourth-order valence-corrected chi connectivity index (χ4v) is 2.45. The van der Waals surface area contributed by atoms with Crippen LogP contribution in [0.3, 0.4) is 0 Å². The summed E-state index contributed by atoms with van der Waals surface area (Å²) in [5.74, 6) is -0.521. The number of ether oxygens (including phenoxy) is 2. The molecular formula is C15H17ClN2O4. The van der Waals surface area contributed by atoms with Gasteiger partial charge in [0.25, 0.3) is 0 Å². The summed E-state index contributed by atoms with van der Waals surface area (Å²) in [5, 5.41) is 5.74. The first-order chi connectivity index (χ1) is 10.5. The maximum Gasteiger partial charge on any atom is 0.338 e. The average Bonchev–Trinajstić information content (AvgIpc) is 2.47. The van der Waals surface area contributed by atoms with Crippen LogP contribution in [0, 0.1) is 0 Å². The lowest BCUT2D eigenvalue weighted by Gasteiger charge is -2.28. The van der Waals surface area contributed by atoms with E-state index in [9.17, 15) is 9.59 Å². The first kappa shape index (κ1) is 16.3. The zero-order valence-electron chi connectivity index (χ0n) is 12.3. The van der Waals surface area contributed by atoms with Crippen LogP contribution in [0.25, 0.3) is 0 Å². The fourth-order valence-electron chi connectivity index (χ4n) is 2.20. The average molecular weight is 325 g/mol. The number of esters is 1. The van der Waals surface area contributed by atoms with Gasteiger partial charge in [0.15, 0.2) is 0 Å². The predicted molar refractivity (Wildman–Crippen MR) is 81.4 cm³/mol. The number of nitrogens with one attached hydrogen (secondary N) is 2. The molecule has 2 N–H and O–H groups in total. The van der Waals surface area contributed by atoms with E-state index in [2.05, 4.69) is 10.6 Å². The maximum absolute atomic E-state index is 12.3. The number of allylic oxidation sites excluding steroid dienone is 1. The van der Waals surface area contributed by atoms with Crippen LogP contribution in [0.2, 0.25) is 5.02 Å². The molecule has 6 nitrogen and oxygen atoms in total. The molecule has 0 aliphatic carbocycles. The van der Waals surface area contributed by atoms with Gasteiger partial charge in [-0.1, -0.05) is 29.8 Å². The third-order valence-electron chi connectivity index (χ3n) is 3.23. The summed E-state index contributed by atoms with van der Waals surface area (Å²) in [7, 11) is 1.52. The smallest absolute Gasteiger partial charge is 0.338 e. The van der Waals surface area contributed by atoms with Crippen LogP contribution in [0.1, 0.15) is 18.5 Å². The van der Waals surface area contributed by atoms with Crippen molar-refractivity contribution in [2.75, 3.05) is 20.3 Å². The normalized spacial score (nSPS) is 17.8. The van der Waals surface area contributed by atoms with Crippen molar-refractivity contribution in [2.45, 2.75) is 13.0 Å². The molecule has 118 valence electrons. The molecule has 0 fully saturated rings. The molecule has 1 unspecified atom stereocenters. The first-order valence-corrected chi connectivity index (χ1v) is 7.11. The van der Waals surface area contributed by atoms with Crippen molar-refractivity contribution in [3.63, 3.8) is 0 Å².